The van der Waals surface area contributed by atoms with Crippen LogP contribution in [0.4, 0.5) is 22.9 Å². The lowest BCUT2D eigenvalue weighted by Crippen LogP contribution is -2.46. The Labute approximate surface area is 232 Å². The van der Waals surface area contributed by atoms with Gasteiger partial charge in [-0.1, -0.05) is 54.1 Å². The molecular weight excluding hydrogens is 496 g/mol. The summed E-state index contributed by atoms with van der Waals surface area (Å²) in [5, 5.41) is 19.1. The molecule has 0 amide bonds. The van der Waals surface area contributed by atoms with E-state index in [2.05, 4.69) is 66.5 Å². The van der Waals surface area contributed by atoms with E-state index in [4.69, 9.17) is 15.1 Å². The first-order valence-corrected chi connectivity index (χ1v) is 13.3. The Hall–Kier alpha value is -5.17. The third-order valence-electron chi connectivity index (χ3n) is 7.38. The first kappa shape index (κ1) is 23.9. The zero-order valence-corrected chi connectivity index (χ0v) is 22.5. The number of nitrogens with one attached hydrogen (secondary N) is 1. The summed E-state index contributed by atoms with van der Waals surface area (Å²) >= 11 is 0. The van der Waals surface area contributed by atoms with Crippen LogP contribution in [-0.4, -0.2) is 26.6 Å². The highest BCUT2D eigenvalue weighted by molar-refractivity contribution is 6.51. The van der Waals surface area contributed by atoms with Crippen molar-refractivity contribution in [3.8, 4) is 11.4 Å². The molecule has 7 rings (SSSR count). The number of rotatable bonds is 3. The molecule has 5 aromatic rings. The van der Waals surface area contributed by atoms with Gasteiger partial charge in [0.15, 0.2) is 17.5 Å². The fraction of sp³-hybridized carbons (Fsp3) is 0.121. The standard InChI is InChI=1S/C33H28N6O/c1-20-14-16-25(17-15-20)39-32-29(22(3)37-39)30(23-9-7-11-26(40)19-23)38-28-13-5-4-12-27(28)35-31(33(38)36-32)34-24-10-6-8-21(2)18-24/h4-19,30,40H,1-3H3,(H,34,35)/t30-/m0/s1. The van der Waals surface area contributed by atoms with Crippen molar-refractivity contribution < 1.29 is 5.11 Å². The zero-order valence-electron chi connectivity index (χ0n) is 22.5. The van der Waals surface area contributed by atoms with Gasteiger partial charge >= 0.3 is 0 Å². The van der Waals surface area contributed by atoms with Crippen molar-refractivity contribution in [2.75, 3.05) is 10.2 Å². The van der Waals surface area contributed by atoms with Gasteiger partial charge in [0, 0.05) is 11.3 Å². The van der Waals surface area contributed by atoms with E-state index >= 15 is 0 Å². The van der Waals surface area contributed by atoms with Gasteiger partial charge in [-0.3, -0.25) is 0 Å². The van der Waals surface area contributed by atoms with Gasteiger partial charge in [-0.15, -0.1) is 0 Å². The third-order valence-corrected chi connectivity index (χ3v) is 7.38. The first-order chi connectivity index (χ1) is 19.5. The van der Waals surface area contributed by atoms with E-state index in [0.29, 0.717) is 11.7 Å². The van der Waals surface area contributed by atoms with E-state index < -0.39 is 0 Å². The Morgan fingerprint density at radius 3 is 2.38 bits per heavy atom. The molecule has 2 aliphatic heterocycles. The number of para-hydroxylation sites is 2. The average Bonchev–Trinajstić information content (AvgIpc) is 3.28. The van der Waals surface area contributed by atoms with Crippen LogP contribution in [0.3, 0.4) is 0 Å². The monoisotopic (exact) mass is 524 g/mol. The van der Waals surface area contributed by atoms with Crippen molar-refractivity contribution in [1.29, 1.82) is 0 Å². The Bertz CT molecular complexity index is 1830. The molecule has 7 nitrogen and oxygen atoms in total. The van der Waals surface area contributed by atoms with Gasteiger partial charge in [-0.25, -0.2) is 14.7 Å². The molecular formula is C33H28N6O. The van der Waals surface area contributed by atoms with Crippen LogP contribution in [0.5, 0.6) is 5.75 Å². The maximum atomic E-state index is 10.5. The molecule has 0 bridgehead atoms. The van der Waals surface area contributed by atoms with Crippen molar-refractivity contribution in [2.45, 2.75) is 26.8 Å². The van der Waals surface area contributed by atoms with Crippen LogP contribution >= 0.6 is 0 Å². The summed E-state index contributed by atoms with van der Waals surface area (Å²) in [6.45, 7) is 6.17. The number of benzene rings is 4. The Morgan fingerprint density at radius 1 is 0.775 bits per heavy atom. The van der Waals surface area contributed by atoms with Crippen LogP contribution in [0.1, 0.15) is 34.0 Å². The van der Waals surface area contributed by atoms with Crippen molar-refractivity contribution in [1.82, 2.24) is 9.78 Å². The number of fused-ring (bicyclic) bond motifs is 4. The van der Waals surface area contributed by atoms with Crippen LogP contribution in [-0.2, 0) is 0 Å². The molecule has 2 aliphatic rings. The van der Waals surface area contributed by atoms with E-state index in [1.54, 1.807) is 6.07 Å². The second-order valence-corrected chi connectivity index (χ2v) is 10.3. The molecule has 0 saturated heterocycles. The lowest BCUT2D eigenvalue weighted by atomic mass is 9.93. The zero-order chi connectivity index (χ0) is 27.4. The van der Waals surface area contributed by atoms with Crippen LogP contribution in [0.25, 0.3) is 5.69 Å². The maximum Gasteiger partial charge on any atom is 0.179 e. The van der Waals surface area contributed by atoms with Gasteiger partial charge in [0.2, 0.25) is 0 Å². The van der Waals surface area contributed by atoms with Crippen LogP contribution in [0, 0.1) is 20.8 Å². The van der Waals surface area contributed by atoms with Crippen molar-refractivity contribution in [2.24, 2.45) is 9.98 Å². The number of aryl methyl sites for hydroxylation is 3. The Balaban J connectivity index is 1.50. The predicted octanol–water partition coefficient (Wildman–Crippen LogP) is 7.30. The molecule has 1 atom stereocenters. The number of aromatic hydroxyl groups is 1. The van der Waals surface area contributed by atoms with Crippen LogP contribution in [0.15, 0.2) is 107 Å². The van der Waals surface area contributed by atoms with Crippen LogP contribution in [0.2, 0.25) is 0 Å². The smallest absolute Gasteiger partial charge is 0.179 e. The average molecular weight is 525 g/mol. The minimum atomic E-state index is -0.292. The van der Waals surface area contributed by atoms with Gasteiger partial charge in [-0.05, 0) is 80.4 Å². The molecule has 4 aromatic carbocycles. The van der Waals surface area contributed by atoms with E-state index in [-0.39, 0.29) is 11.8 Å². The van der Waals surface area contributed by atoms with E-state index in [9.17, 15) is 5.11 Å². The summed E-state index contributed by atoms with van der Waals surface area (Å²) in [6, 6.07) is 31.8. The number of phenols is 1. The molecule has 0 spiro atoms. The summed E-state index contributed by atoms with van der Waals surface area (Å²) in [6.07, 6.45) is 0. The first-order valence-electron chi connectivity index (χ1n) is 13.3. The summed E-state index contributed by atoms with van der Waals surface area (Å²) in [4.78, 5) is 12.5. The predicted molar refractivity (Wildman–Crippen MR) is 161 cm³/mol. The van der Waals surface area contributed by atoms with Crippen molar-refractivity contribution in [3.63, 3.8) is 0 Å². The summed E-state index contributed by atoms with van der Waals surface area (Å²) in [7, 11) is 0. The fourth-order valence-electron chi connectivity index (χ4n) is 5.53. The molecule has 0 unspecified atom stereocenters. The summed E-state index contributed by atoms with van der Waals surface area (Å²) in [5.41, 5.74) is 8.78. The number of amidine groups is 2. The topological polar surface area (TPSA) is 78.0 Å². The largest absolute Gasteiger partial charge is 0.508 e. The van der Waals surface area contributed by atoms with Crippen LogP contribution < -0.4 is 10.2 Å². The highest BCUT2D eigenvalue weighted by Crippen LogP contribution is 2.48. The SMILES string of the molecule is Cc1ccc(-n2nc(C)c3c2N=C2C(Nc4cccc(C)c4)=Nc4ccccc4N2[C@H]3c2cccc(O)c2)cc1. The third kappa shape index (κ3) is 3.94. The summed E-state index contributed by atoms with van der Waals surface area (Å²) in [5.74, 6) is 2.30. The molecule has 2 N–H and O–H groups in total. The number of aromatic nitrogens is 2. The lowest BCUT2D eigenvalue weighted by Gasteiger charge is -2.40. The number of hydrogen-bond acceptors (Lipinski definition) is 6. The van der Waals surface area contributed by atoms with E-state index in [1.165, 1.54) is 5.56 Å². The minimum absolute atomic E-state index is 0.212. The Morgan fingerprint density at radius 2 is 1.57 bits per heavy atom. The molecule has 0 fully saturated rings. The molecule has 0 aliphatic carbocycles. The number of phenolic OH excluding ortho intramolecular Hbond substituents is 1. The number of anilines is 2. The van der Waals surface area contributed by atoms with Crippen molar-refractivity contribution in [3.05, 3.63) is 125 Å². The number of nitrogens with zero attached hydrogens (tertiary/aromatic N) is 5. The van der Waals surface area contributed by atoms with Gasteiger partial charge in [0.05, 0.1) is 28.8 Å². The molecule has 0 saturated carbocycles. The van der Waals surface area contributed by atoms with E-state index in [0.717, 1.165) is 51.0 Å². The molecule has 0 radical (unpaired) electrons. The maximum absolute atomic E-state index is 10.5. The molecule has 40 heavy (non-hydrogen) atoms. The second-order valence-electron chi connectivity index (χ2n) is 10.3. The normalized spacial score (nSPS) is 15.5. The number of hydrogen-bond donors (Lipinski definition) is 2. The number of aliphatic imine (C=N–C) groups is 2. The molecule has 3 heterocycles. The lowest BCUT2D eigenvalue weighted by molar-refractivity contribution is 0.474. The Kier molecular flexibility index (Phi) is 5.52. The quantitative estimate of drug-likeness (QED) is 0.260. The fourth-order valence-corrected chi connectivity index (χ4v) is 5.53. The van der Waals surface area contributed by atoms with Gasteiger partial charge in [0.25, 0.3) is 0 Å². The van der Waals surface area contributed by atoms with Gasteiger partial charge in [-0.2, -0.15) is 5.10 Å². The van der Waals surface area contributed by atoms with Crippen molar-refractivity contribution >= 4 is 34.6 Å². The molecule has 7 heteroatoms. The van der Waals surface area contributed by atoms with E-state index in [1.807, 2.05) is 60.1 Å². The molecule has 1 aromatic heterocycles. The second kappa shape index (κ2) is 9.24. The minimum Gasteiger partial charge on any atom is -0.508 e. The summed E-state index contributed by atoms with van der Waals surface area (Å²) < 4.78 is 1.91. The van der Waals surface area contributed by atoms with Gasteiger partial charge < -0.3 is 15.3 Å². The highest BCUT2D eigenvalue weighted by Gasteiger charge is 2.41. The molecule has 196 valence electrons. The highest BCUT2D eigenvalue weighted by atomic mass is 16.3. The van der Waals surface area contributed by atoms with Gasteiger partial charge in [0.1, 0.15) is 5.75 Å².